The molecule has 0 aliphatic rings. The van der Waals surface area contributed by atoms with Crippen LogP contribution in [0.5, 0.6) is 0 Å². The average molecular weight is 331 g/mol. The number of nitrogens with zero attached hydrogens (tertiary/aromatic N) is 3. The van der Waals surface area contributed by atoms with Gasteiger partial charge in [0.25, 0.3) is 11.6 Å². The molecule has 0 spiro atoms. The quantitative estimate of drug-likeness (QED) is 0.401. The van der Waals surface area contributed by atoms with Crippen LogP contribution in [-0.2, 0) is 11.3 Å². The van der Waals surface area contributed by atoms with E-state index in [0.717, 1.165) is 4.88 Å². The highest BCUT2D eigenvalue weighted by molar-refractivity contribution is 7.13. The van der Waals surface area contributed by atoms with Crippen molar-refractivity contribution >= 4 is 23.0 Å². The van der Waals surface area contributed by atoms with Crippen LogP contribution in [0.2, 0.25) is 0 Å². The largest absolute Gasteiger partial charge is 0.452 e. The molecule has 0 aliphatic carbocycles. The Hall–Kier alpha value is -3.07. The van der Waals surface area contributed by atoms with E-state index in [9.17, 15) is 14.9 Å². The second-order valence-electron chi connectivity index (χ2n) is 4.34. The van der Waals surface area contributed by atoms with Crippen LogP contribution in [0.15, 0.2) is 46.3 Å². The summed E-state index contributed by atoms with van der Waals surface area (Å²) in [5.74, 6) is -0.315. The molecule has 0 unspecified atom stereocenters. The van der Waals surface area contributed by atoms with Gasteiger partial charge in [0, 0.05) is 6.07 Å². The van der Waals surface area contributed by atoms with Crippen molar-refractivity contribution in [1.29, 1.82) is 0 Å². The average Bonchev–Trinajstić information content (AvgIpc) is 3.23. The van der Waals surface area contributed by atoms with Gasteiger partial charge in [0.2, 0.25) is 5.82 Å². The first-order chi connectivity index (χ1) is 11.1. The minimum Gasteiger partial charge on any atom is -0.452 e. The molecule has 0 bridgehead atoms. The van der Waals surface area contributed by atoms with Crippen LogP contribution in [-0.4, -0.2) is 21.0 Å². The lowest BCUT2D eigenvalue weighted by molar-refractivity contribution is -0.385. The van der Waals surface area contributed by atoms with Gasteiger partial charge in [0.1, 0.15) is 5.56 Å². The first-order valence-corrected chi connectivity index (χ1v) is 7.30. The third-order valence-corrected chi connectivity index (χ3v) is 3.72. The number of para-hydroxylation sites is 1. The topological polar surface area (TPSA) is 108 Å². The molecule has 1 aromatic carbocycles. The molecule has 0 N–H and O–H groups in total. The van der Waals surface area contributed by atoms with E-state index >= 15 is 0 Å². The van der Waals surface area contributed by atoms with E-state index < -0.39 is 10.9 Å². The van der Waals surface area contributed by atoms with Gasteiger partial charge in [-0.25, -0.2) is 4.79 Å². The maximum Gasteiger partial charge on any atom is 0.345 e. The number of ether oxygens (including phenoxy) is 1. The lowest BCUT2D eigenvalue weighted by atomic mass is 10.2. The fourth-order valence-corrected chi connectivity index (χ4v) is 2.48. The molecule has 116 valence electrons. The highest BCUT2D eigenvalue weighted by atomic mass is 32.1. The van der Waals surface area contributed by atoms with Crippen molar-refractivity contribution in [2.45, 2.75) is 6.61 Å². The van der Waals surface area contributed by atoms with Crippen LogP contribution in [0.4, 0.5) is 5.69 Å². The highest BCUT2D eigenvalue weighted by Gasteiger charge is 2.21. The minimum atomic E-state index is -0.826. The van der Waals surface area contributed by atoms with Gasteiger partial charge in [-0.2, -0.15) is 4.98 Å². The predicted octanol–water partition coefficient (Wildman–Crippen LogP) is 3.06. The standard InChI is InChI=1S/C14H9N3O5S/c18-14(9-4-1-2-5-10(9)17(19)20)21-8-12-15-13(16-22-12)11-6-3-7-23-11/h1-7H,8H2. The Kier molecular flexibility index (Phi) is 4.11. The predicted molar refractivity (Wildman–Crippen MR) is 79.8 cm³/mol. The van der Waals surface area contributed by atoms with Crippen molar-refractivity contribution in [2.75, 3.05) is 0 Å². The number of nitro benzene ring substituents is 1. The Morgan fingerprint density at radius 3 is 2.87 bits per heavy atom. The highest BCUT2D eigenvalue weighted by Crippen LogP contribution is 2.22. The normalized spacial score (nSPS) is 10.4. The summed E-state index contributed by atoms with van der Waals surface area (Å²) in [6.07, 6.45) is 0. The molecule has 0 saturated heterocycles. The van der Waals surface area contributed by atoms with E-state index in [1.807, 2.05) is 17.5 Å². The van der Waals surface area contributed by atoms with Crippen molar-refractivity contribution in [2.24, 2.45) is 0 Å². The van der Waals surface area contributed by atoms with Crippen molar-refractivity contribution in [3.05, 3.63) is 63.3 Å². The summed E-state index contributed by atoms with van der Waals surface area (Å²) >= 11 is 1.45. The van der Waals surface area contributed by atoms with Gasteiger partial charge in [-0.1, -0.05) is 23.4 Å². The van der Waals surface area contributed by atoms with E-state index in [0.29, 0.717) is 5.82 Å². The molecule has 0 atom stereocenters. The number of hydrogen-bond donors (Lipinski definition) is 0. The molecular formula is C14H9N3O5S. The number of hydrogen-bond acceptors (Lipinski definition) is 8. The third kappa shape index (κ3) is 3.24. The summed E-state index contributed by atoms with van der Waals surface area (Å²) in [6.45, 7) is -0.261. The van der Waals surface area contributed by atoms with E-state index in [1.54, 1.807) is 0 Å². The molecule has 0 saturated carbocycles. The van der Waals surface area contributed by atoms with Crippen LogP contribution in [0.1, 0.15) is 16.2 Å². The van der Waals surface area contributed by atoms with Gasteiger partial charge in [0.15, 0.2) is 6.61 Å². The lowest BCUT2D eigenvalue weighted by Crippen LogP contribution is -2.08. The van der Waals surface area contributed by atoms with Crippen molar-refractivity contribution in [3.8, 4) is 10.7 Å². The SMILES string of the molecule is O=C(OCc1nc(-c2cccs2)no1)c1ccccc1[N+](=O)[O-]. The first kappa shape index (κ1) is 14.9. The molecule has 0 radical (unpaired) electrons. The molecule has 23 heavy (non-hydrogen) atoms. The van der Waals surface area contributed by atoms with Crippen LogP contribution < -0.4 is 0 Å². The zero-order valence-electron chi connectivity index (χ0n) is 11.5. The lowest BCUT2D eigenvalue weighted by Gasteiger charge is -2.02. The first-order valence-electron chi connectivity index (χ1n) is 6.42. The van der Waals surface area contributed by atoms with Crippen LogP contribution in [0.3, 0.4) is 0 Å². The van der Waals surface area contributed by atoms with E-state index in [-0.39, 0.29) is 23.7 Å². The fraction of sp³-hybridized carbons (Fsp3) is 0.0714. The molecule has 8 nitrogen and oxygen atoms in total. The summed E-state index contributed by atoms with van der Waals surface area (Å²) in [7, 11) is 0. The molecule has 9 heteroatoms. The molecule has 3 rings (SSSR count). The Morgan fingerprint density at radius 1 is 1.30 bits per heavy atom. The summed E-state index contributed by atoms with van der Waals surface area (Å²) in [4.78, 5) is 27.1. The van der Waals surface area contributed by atoms with Crippen LogP contribution >= 0.6 is 11.3 Å². The molecule has 0 amide bonds. The second kappa shape index (κ2) is 6.36. The Balaban J connectivity index is 1.69. The van der Waals surface area contributed by atoms with E-state index in [1.165, 1.54) is 35.6 Å². The zero-order valence-corrected chi connectivity index (χ0v) is 12.4. The number of aromatic nitrogens is 2. The van der Waals surface area contributed by atoms with Crippen molar-refractivity contribution in [1.82, 2.24) is 10.1 Å². The fourth-order valence-electron chi connectivity index (χ4n) is 1.83. The molecule has 0 fully saturated rings. The Labute approximate surface area is 133 Å². The summed E-state index contributed by atoms with van der Waals surface area (Å²) < 4.78 is 9.99. The number of carbonyl (C=O) groups excluding carboxylic acids is 1. The number of carbonyl (C=O) groups is 1. The number of benzene rings is 1. The number of rotatable bonds is 5. The second-order valence-corrected chi connectivity index (χ2v) is 5.29. The summed E-state index contributed by atoms with van der Waals surface area (Å²) in [6, 6.07) is 9.23. The third-order valence-electron chi connectivity index (χ3n) is 2.86. The van der Waals surface area contributed by atoms with Gasteiger partial charge in [-0.05, 0) is 17.5 Å². The maximum absolute atomic E-state index is 12.0. The molecule has 0 aliphatic heterocycles. The van der Waals surface area contributed by atoms with E-state index in [4.69, 9.17) is 9.26 Å². The molecule has 3 aromatic rings. The van der Waals surface area contributed by atoms with Crippen LogP contribution in [0, 0.1) is 10.1 Å². The monoisotopic (exact) mass is 331 g/mol. The molecule has 2 heterocycles. The summed E-state index contributed by atoms with van der Waals surface area (Å²) in [5, 5.41) is 16.5. The zero-order chi connectivity index (χ0) is 16.2. The number of esters is 1. The van der Waals surface area contributed by atoms with Crippen LogP contribution in [0.25, 0.3) is 10.7 Å². The van der Waals surface area contributed by atoms with Crippen molar-refractivity contribution in [3.63, 3.8) is 0 Å². The van der Waals surface area contributed by atoms with Crippen molar-refractivity contribution < 1.29 is 19.0 Å². The summed E-state index contributed by atoms with van der Waals surface area (Å²) in [5.41, 5.74) is -0.446. The Morgan fingerprint density at radius 2 is 2.13 bits per heavy atom. The van der Waals surface area contributed by atoms with Gasteiger partial charge in [0.05, 0.1) is 9.80 Å². The molecular weight excluding hydrogens is 322 g/mol. The maximum atomic E-state index is 12.0. The number of thiophene rings is 1. The van der Waals surface area contributed by atoms with E-state index in [2.05, 4.69) is 10.1 Å². The van der Waals surface area contributed by atoms with Gasteiger partial charge in [-0.15, -0.1) is 11.3 Å². The number of nitro groups is 1. The van der Waals surface area contributed by atoms with Gasteiger partial charge < -0.3 is 9.26 Å². The van der Waals surface area contributed by atoms with Gasteiger partial charge in [-0.3, -0.25) is 10.1 Å². The minimum absolute atomic E-state index is 0.111. The Bertz CT molecular complexity index is 844. The molecule has 2 aromatic heterocycles. The smallest absolute Gasteiger partial charge is 0.345 e. The van der Waals surface area contributed by atoms with Gasteiger partial charge >= 0.3 is 5.97 Å².